The summed E-state index contributed by atoms with van der Waals surface area (Å²) in [5.41, 5.74) is -0.500. The van der Waals surface area contributed by atoms with E-state index in [1.807, 2.05) is 6.92 Å². The molecule has 2 rings (SSSR count). The number of esters is 1. The molecule has 5 nitrogen and oxygen atoms in total. The van der Waals surface area contributed by atoms with Crippen LogP contribution in [-0.2, 0) is 9.53 Å². The maximum atomic E-state index is 12.6. The Morgan fingerprint density at radius 2 is 2.05 bits per heavy atom. The third-order valence-electron chi connectivity index (χ3n) is 4.92. The molecule has 0 spiro atoms. The zero-order valence-electron chi connectivity index (χ0n) is 14.0. The van der Waals surface area contributed by atoms with Crippen molar-refractivity contribution in [1.82, 2.24) is 15.1 Å². The minimum Gasteiger partial charge on any atom is -0.465 e. The molecule has 2 fully saturated rings. The summed E-state index contributed by atoms with van der Waals surface area (Å²) in [5.74, 6) is 0.382. The summed E-state index contributed by atoms with van der Waals surface area (Å²) >= 11 is 0. The molecule has 21 heavy (non-hydrogen) atoms. The summed E-state index contributed by atoms with van der Waals surface area (Å²) in [6, 6.07) is 0.541. The zero-order chi connectivity index (χ0) is 15.5. The van der Waals surface area contributed by atoms with E-state index in [1.54, 1.807) is 0 Å². The van der Waals surface area contributed by atoms with Crippen LogP contribution in [0.25, 0.3) is 0 Å². The van der Waals surface area contributed by atoms with Gasteiger partial charge in [0.25, 0.3) is 0 Å². The molecule has 0 aromatic carbocycles. The topological polar surface area (TPSA) is 44.8 Å². The van der Waals surface area contributed by atoms with Crippen molar-refractivity contribution >= 4 is 5.97 Å². The fourth-order valence-electron chi connectivity index (χ4n) is 3.40. The summed E-state index contributed by atoms with van der Waals surface area (Å²) in [5, 5.41) is 3.49. The minimum absolute atomic E-state index is 0.0547. The summed E-state index contributed by atoms with van der Waals surface area (Å²) in [4.78, 5) is 17.4. The quantitative estimate of drug-likeness (QED) is 0.709. The number of ether oxygens (including phenoxy) is 1. The Morgan fingerprint density at radius 3 is 2.57 bits per heavy atom. The van der Waals surface area contributed by atoms with Crippen molar-refractivity contribution in [3.05, 3.63) is 0 Å². The summed E-state index contributed by atoms with van der Waals surface area (Å²) in [6.45, 7) is 11.4. The monoisotopic (exact) mass is 297 g/mol. The Balaban J connectivity index is 2.09. The molecular formula is C16H31N3O2. The number of hydrogen-bond acceptors (Lipinski definition) is 5. The average molecular weight is 297 g/mol. The van der Waals surface area contributed by atoms with Crippen LogP contribution >= 0.6 is 0 Å². The Morgan fingerprint density at radius 1 is 1.33 bits per heavy atom. The first-order valence-corrected chi connectivity index (χ1v) is 8.38. The normalized spacial score (nSPS) is 27.3. The minimum atomic E-state index is -0.500. The van der Waals surface area contributed by atoms with Crippen LogP contribution in [0.2, 0.25) is 0 Å². The number of carbonyl (C=O) groups excluding carboxylic acids is 1. The van der Waals surface area contributed by atoms with E-state index in [0.717, 1.165) is 45.6 Å². The van der Waals surface area contributed by atoms with Crippen LogP contribution in [0.15, 0.2) is 0 Å². The second kappa shape index (κ2) is 7.07. The van der Waals surface area contributed by atoms with E-state index in [0.29, 0.717) is 18.6 Å². The highest BCUT2D eigenvalue weighted by molar-refractivity contribution is 5.82. The highest BCUT2D eigenvalue weighted by atomic mass is 16.5. The fraction of sp³-hybridized carbons (Fsp3) is 0.938. The van der Waals surface area contributed by atoms with E-state index >= 15 is 0 Å². The highest BCUT2D eigenvalue weighted by Gasteiger charge is 2.52. The van der Waals surface area contributed by atoms with Crippen LogP contribution in [0.5, 0.6) is 0 Å². The number of likely N-dealkylation sites (N-methyl/N-ethyl adjacent to an activating group) is 2. The van der Waals surface area contributed by atoms with E-state index < -0.39 is 5.54 Å². The van der Waals surface area contributed by atoms with Gasteiger partial charge in [0.1, 0.15) is 5.54 Å². The van der Waals surface area contributed by atoms with Gasteiger partial charge >= 0.3 is 5.97 Å². The predicted molar refractivity (Wildman–Crippen MR) is 84.3 cm³/mol. The van der Waals surface area contributed by atoms with Crippen molar-refractivity contribution in [1.29, 1.82) is 0 Å². The van der Waals surface area contributed by atoms with Gasteiger partial charge in [-0.2, -0.15) is 0 Å². The fourth-order valence-corrected chi connectivity index (χ4v) is 3.40. The molecule has 0 amide bonds. The first-order valence-electron chi connectivity index (χ1n) is 8.38. The number of nitrogens with zero attached hydrogens (tertiary/aromatic N) is 2. The number of carbonyl (C=O) groups is 1. The van der Waals surface area contributed by atoms with Crippen molar-refractivity contribution in [2.45, 2.75) is 45.2 Å². The Kier molecular flexibility index (Phi) is 5.63. The third kappa shape index (κ3) is 3.76. The molecule has 0 aromatic heterocycles. The highest BCUT2D eigenvalue weighted by Crippen LogP contribution is 2.41. The van der Waals surface area contributed by atoms with Crippen molar-refractivity contribution in [2.24, 2.45) is 5.92 Å². The van der Waals surface area contributed by atoms with Gasteiger partial charge in [0.2, 0.25) is 0 Å². The molecule has 1 saturated heterocycles. The molecule has 0 bridgehead atoms. The third-order valence-corrected chi connectivity index (χ3v) is 4.92. The molecule has 2 unspecified atom stereocenters. The van der Waals surface area contributed by atoms with E-state index in [2.05, 4.69) is 36.0 Å². The molecule has 0 radical (unpaired) electrons. The molecule has 2 atom stereocenters. The van der Waals surface area contributed by atoms with Gasteiger partial charge < -0.3 is 15.0 Å². The van der Waals surface area contributed by atoms with Gasteiger partial charge in [0, 0.05) is 32.2 Å². The molecule has 1 aliphatic carbocycles. The lowest BCUT2D eigenvalue weighted by atomic mass is 9.91. The van der Waals surface area contributed by atoms with Crippen LogP contribution < -0.4 is 5.32 Å². The Bertz CT molecular complexity index is 359. The van der Waals surface area contributed by atoms with Crippen LogP contribution in [0.1, 0.15) is 33.6 Å². The molecule has 1 aliphatic heterocycles. The smallest absolute Gasteiger partial charge is 0.327 e. The first-order chi connectivity index (χ1) is 10.0. The van der Waals surface area contributed by atoms with Crippen molar-refractivity contribution < 1.29 is 9.53 Å². The number of hydrogen-bond donors (Lipinski definition) is 1. The molecule has 1 heterocycles. The lowest BCUT2D eigenvalue weighted by Crippen LogP contribution is -2.64. The Hall–Kier alpha value is -0.650. The summed E-state index contributed by atoms with van der Waals surface area (Å²) < 4.78 is 5.41. The zero-order valence-corrected chi connectivity index (χ0v) is 14.0. The van der Waals surface area contributed by atoms with Crippen molar-refractivity contribution in [2.75, 3.05) is 46.4 Å². The molecule has 122 valence electrons. The Labute approximate surface area is 129 Å². The van der Waals surface area contributed by atoms with Gasteiger partial charge in [-0.05, 0) is 46.2 Å². The molecular weight excluding hydrogens is 266 g/mol. The lowest BCUT2D eigenvalue weighted by Gasteiger charge is -2.43. The number of rotatable bonds is 7. The van der Waals surface area contributed by atoms with Gasteiger partial charge in [0.05, 0.1) is 6.61 Å². The van der Waals surface area contributed by atoms with Crippen molar-refractivity contribution in [3.8, 4) is 0 Å². The SMILES string of the molecule is CCNC(CN1CCN(C)C(C)C1)(C(=O)OCC)C1CC1. The van der Waals surface area contributed by atoms with Crippen LogP contribution in [0, 0.1) is 5.92 Å². The lowest BCUT2D eigenvalue weighted by molar-refractivity contribution is -0.153. The van der Waals surface area contributed by atoms with Crippen LogP contribution in [0.4, 0.5) is 0 Å². The van der Waals surface area contributed by atoms with Gasteiger partial charge in [-0.3, -0.25) is 4.90 Å². The second-order valence-electron chi connectivity index (χ2n) is 6.56. The van der Waals surface area contributed by atoms with E-state index in [9.17, 15) is 4.79 Å². The van der Waals surface area contributed by atoms with Crippen LogP contribution in [-0.4, -0.2) is 73.7 Å². The van der Waals surface area contributed by atoms with Gasteiger partial charge in [-0.25, -0.2) is 4.79 Å². The molecule has 2 aliphatic rings. The molecule has 5 heteroatoms. The average Bonchev–Trinajstić information content (AvgIpc) is 3.27. The van der Waals surface area contributed by atoms with Crippen molar-refractivity contribution in [3.63, 3.8) is 0 Å². The molecule has 0 aromatic rings. The predicted octanol–water partition coefficient (Wildman–Crippen LogP) is 0.944. The first kappa shape index (κ1) is 16.7. The van der Waals surface area contributed by atoms with Gasteiger partial charge in [0.15, 0.2) is 0 Å². The standard InChI is InChI=1S/C16H31N3O2/c1-5-17-16(14-7-8-14,15(20)21-6-2)12-19-10-9-18(4)13(3)11-19/h13-14,17H,5-12H2,1-4H3. The van der Waals surface area contributed by atoms with E-state index in [4.69, 9.17) is 4.74 Å². The summed E-state index contributed by atoms with van der Waals surface area (Å²) in [6.07, 6.45) is 2.27. The van der Waals surface area contributed by atoms with Gasteiger partial charge in [-0.1, -0.05) is 6.92 Å². The summed E-state index contributed by atoms with van der Waals surface area (Å²) in [7, 11) is 2.17. The number of nitrogens with one attached hydrogen (secondary N) is 1. The van der Waals surface area contributed by atoms with E-state index in [-0.39, 0.29) is 5.97 Å². The van der Waals surface area contributed by atoms with E-state index in [1.165, 1.54) is 0 Å². The molecule has 1 N–H and O–H groups in total. The molecule has 1 saturated carbocycles. The maximum absolute atomic E-state index is 12.6. The van der Waals surface area contributed by atoms with Gasteiger partial charge in [-0.15, -0.1) is 0 Å². The van der Waals surface area contributed by atoms with Crippen LogP contribution in [0.3, 0.4) is 0 Å². The number of piperazine rings is 1. The largest absolute Gasteiger partial charge is 0.465 e. The maximum Gasteiger partial charge on any atom is 0.327 e. The second-order valence-corrected chi connectivity index (χ2v) is 6.56.